The van der Waals surface area contributed by atoms with E-state index in [2.05, 4.69) is 5.32 Å². The van der Waals surface area contributed by atoms with E-state index >= 15 is 0 Å². The Bertz CT molecular complexity index is 833. The van der Waals surface area contributed by atoms with E-state index in [1.807, 2.05) is 0 Å². The fraction of sp³-hybridized carbons (Fsp3) is 0.300. The lowest BCUT2D eigenvalue weighted by Gasteiger charge is -2.18. The van der Waals surface area contributed by atoms with Crippen molar-refractivity contribution in [3.05, 3.63) is 53.1 Å². The van der Waals surface area contributed by atoms with Crippen LogP contribution in [0.5, 0.6) is 17.2 Å². The van der Waals surface area contributed by atoms with Crippen LogP contribution in [0.4, 0.5) is 0 Å². The summed E-state index contributed by atoms with van der Waals surface area (Å²) in [4.78, 5) is 24.2. The molecule has 0 aromatic heterocycles. The lowest BCUT2D eigenvalue weighted by Crippen LogP contribution is -2.31. The molecule has 2 aromatic rings. The van der Waals surface area contributed by atoms with Crippen molar-refractivity contribution >= 4 is 11.9 Å². The minimum absolute atomic E-state index is 0.0188. The third-order valence-corrected chi connectivity index (χ3v) is 4.07. The SMILES string of the molecule is COc1ccc(OC)c([C@@H](C)NC(=O)COC(=O)c2cccc(C)c2O)c1. The average Bonchev–Trinajstić information content (AvgIpc) is 2.67. The van der Waals surface area contributed by atoms with Crippen molar-refractivity contribution in [3.8, 4) is 17.2 Å². The number of methoxy groups -OCH3 is 2. The van der Waals surface area contributed by atoms with Gasteiger partial charge in [0.15, 0.2) is 6.61 Å². The molecule has 0 aliphatic rings. The molecule has 1 atom stereocenters. The van der Waals surface area contributed by atoms with E-state index in [-0.39, 0.29) is 11.3 Å². The van der Waals surface area contributed by atoms with Gasteiger partial charge in [0.25, 0.3) is 5.91 Å². The first-order valence-corrected chi connectivity index (χ1v) is 8.34. The van der Waals surface area contributed by atoms with Crippen LogP contribution >= 0.6 is 0 Å². The summed E-state index contributed by atoms with van der Waals surface area (Å²) in [6, 6.07) is 9.61. The fourth-order valence-corrected chi connectivity index (χ4v) is 2.57. The molecule has 0 saturated heterocycles. The standard InChI is InChI=1S/C20H23NO6/c1-12-6-5-7-15(19(12)23)20(24)27-11-18(22)21-13(2)16-10-14(25-3)8-9-17(16)26-4/h5-10,13,23H,11H2,1-4H3,(H,21,22)/t13-/m1/s1. The van der Waals surface area contributed by atoms with Crippen molar-refractivity contribution in [3.63, 3.8) is 0 Å². The van der Waals surface area contributed by atoms with Gasteiger partial charge >= 0.3 is 5.97 Å². The lowest BCUT2D eigenvalue weighted by molar-refractivity contribution is -0.124. The van der Waals surface area contributed by atoms with Gasteiger partial charge in [0.05, 0.1) is 20.3 Å². The summed E-state index contributed by atoms with van der Waals surface area (Å²) < 4.78 is 15.5. The van der Waals surface area contributed by atoms with E-state index in [9.17, 15) is 14.7 Å². The Hall–Kier alpha value is -3.22. The first-order chi connectivity index (χ1) is 12.9. The van der Waals surface area contributed by atoms with Gasteiger partial charge in [0.2, 0.25) is 0 Å². The number of aryl methyl sites for hydroxylation is 1. The molecule has 0 aliphatic carbocycles. The fourth-order valence-electron chi connectivity index (χ4n) is 2.57. The third kappa shape index (κ3) is 4.91. The first-order valence-electron chi connectivity index (χ1n) is 8.34. The molecule has 0 bridgehead atoms. The van der Waals surface area contributed by atoms with E-state index in [0.29, 0.717) is 17.1 Å². The molecular weight excluding hydrogens is 350 g/mol. The molecule has 0 heterocycles. The van der Waals surface area contributed by atoms with Crippen LogP contribution in [0.3, 0.4) is 0 Å². The van der Waals surface area contributed by atoms with Gasteiger partial charge in [-0.2, -0.15) is 0 Å². The molecule has 0 radical (unpaired) electrons. The molecule has 27 heavy (non-hydrogen) atoms. The maximum atomic E-state index is 12.1. The topological polar surface area (TPSA) is 94.1 Å². The second-order valence-corrected chi connectivity index (χ2v) is 5.94. The maximum Gasteiger partial charge on any atom is 0.342 e. The molecule has 0 saturated carbocycles. The Morgan fingerprint density at radius 3 is 2.56 bits per heavy atom. The summed E-state index contributed by atoms with van der Waals surface area (Å²) in [7, 11) is 3.09. The smallest absolute Gasteiger partial charge is 0.342 e. The molecule has 0 unspecified atom stereocenters. The van der Waals surface area contributed by atoms with Crippen LogP contribution in [0.2, 0.25) is 0 Å². The highest BCUT2D eigenvalue weighted by atomic mass is 16.5. The molecular formula is C20H23NO6. The second-order valence-electron chi connectivity index (χ2n) is 5.94. The Morgan fingerprint density at radius 1 is 1.15 bits per heavy atom. The van der Waals surface area contributed by atoms with E-state index in [1.165, 1.54) is 13.2 Å². The number of phenols is 1. The normalized spacial score (nSPS) is 11.4. The van der Waals surface area contributed by atoms with Crippen molar-refractivity contribution in [2.75, 3.05) is 20.8 Å². The van der Waals surface area contributed by atoms with Crippen LogP contribution in [0, 0.1) is 6.92 Å². The van der Waals surface area contributed by atoms with Crippen molar-refractivity contribution in [1.82, 2.24) is 5.32 Å². The number of esters is 1. The number of benzene rings is 2. The monoisotopic (exact) mass is 373 g/mol. The number of carbonyl (C=O) groups is 2. The van der Waals surface area contributed by atoms with Crippen molar-refractivity contribution in [1.29, 1.82) is 0 Å². The number of carbonyl (C=O) groups excluding carboxylic acids is 2. The highest BCUT2D eigenvalue weighted by molar-refractivity contribution is 5.94. The Morgan fingerprint density at radius 2 is 1.89 bits per heavy atom. The number of nitrogens with one attached hydrogen (secondary N) is 1. The van der Waals surface area contributed by atoms with Gasteiger partial charge in [0.1, 0.15) is 22.8 Å². The minimum Gasteiger partial charge on any atom is -0.507 e. The molecule has 2 N–H and O–H groups in total. The maximum absolute atomic E-state index is 12.1. The summed E-state index contributed by atoms with van der Waals surface area (Å²) in [5.74, 6) is -0.165. The zero-order valence-electron chi connectivity index (χ0n) is 15.7. The summed E-state index contributed by atoms with van der Waals surface area (Å²) in [6.45, 7) is 2.98. The average molecular weight is 373 g/mol. The second kappa shape index (κ2) is 8.93. The molecule has 2 aromatic carbocycles. The van der Waals surface area contributed by atoms with Crippen molar-refractivity contribution in [2.45, 2.75) is 19.9 Å². The van der Waals surface area contributed by atoms with Gasteiger partial charge in [-0.25, -0.2) is 4.79 Å². The van der Waals surface area contributed by atoms with E-state index < -0.39 is 24.5 Å². The minimum atomic E-state index is -0.766. The Labute approximate surface area is 157 Å². The van der Waals surface area contributed by atoms with Gasteiger partial charge < -0.3 is 24.6 Å². The zero-order valence-corrected chi connectivity index (χ0v) is 15.7. The number of aromatic hydroxyl groups is 1. The largest absolute Gasteiger partial charge is 0.507 e. The predicted molar refractivity (Wildman–Crippen MR) is 99.2 cm³/mol. The van der Waals surface area contributed by atoms with Gasteiger partial charge in [-0.15, -0.1) is 0 Å². The molecule has 7 nitrogen and oxygen atoms in total. The molecule has 144 valence electrons. The van der Waals surface area contributed by atoms with E-state index in [4.69, 9.17) is 14.2 Å². The third-order valence-electron chi connectivity index (χ3n) is 4.07. The molecule has 1 amide bonds. The first kappa shape index (κ1) is 20.1. The molecule has 2 rings (SSSR count). The number of phenolic OH excluding ortho intramolecular Hbond substituents is 1. The zero-order chi connectivity index (χ0) is 20.0. The number of hydrogen-bond donors (Lipinski definition) is 2. The van der Waals surface area contributed by atoms with E-state index in [1.54, 1.807) is 51.3 Å². The van der Waals surface area contributed by atoms with Crippen LogP contribution in [0.25, 0.3) is 0 Å². The lowest BCUT2D eigenvalue weighted by atomic mass is 10.1. The van der Waals surface area contributed by atoms with Crippen molar-refractivity contribution < 1.29 is 28.9 Å². The Balaban J connectivity index is 1.99. The van der Waals surface area contributed by atoms with Crippen LogP contribution in [0.1, 0.15) is 34.5 Å². The van der Waals surface area contributed by atoms with Gasteiger partial charge in [-0.05, 0) is 43.7 Å². The quantitative estimate of drug-likeness (QED) is 0.725. The summed E-state index contributed by atoms with van der Waals surface area (Å²) in [6.07, 6.45) is 0. The highest BCUT2D eigenvalue weighted by Gasteiger charge is 2.18. The number of rotatable bonds is 7. The number of hydrogen-bond acceptors (Lipinski definition) is 6. The summed E-state index contributed by atoms with van der Waals surface area (Å²) in [5.41, 5.74) is 1.30. The molecule has 0 fully saturated rings. The molecule has 0 spiro atoms. The number of para-hydroxylation sites is 1. The molecule has 7 heteroatoms. The van der Waals surface area contributed by atoms with Crippen LogP contribution < -0.4 is 14.8 Å². The Kier molecular flexibility index (Phi) is 6.65. The predicted octanol–water partition coefficient (Wildman–Crippen LogP) is 2.75. The number of ether oxygens (including phenoxy) is 3. The van der Waals surface area contributed by atoms with Gasteiger partial charge in [-0.1, -0.05) is 12.1 Å². The van der Waals surface area contributed by atoms with Gasteiger partial charge in [0, 0.05) is 5.56 Å². The molecule has 0 aliphatic heterocycles. The van der Waals surface area contributed by atoms with Crippen molar-refractivity contribution in [2.24, 2.45) is 0 Å². The van der Waals surface area contributed by atoms with Crippen LogP contribution in [0.15, 0.2) is 36.4 Å². The van der Waals surface area contributed by atoms with Gasteiger partial charge in [-0.3, -0.25) is 4.79 Å². The van der Waals surface area contributed by atoms with E-state index in [0.717, 1.165) is 5.56 Å². The number of amides is 1. The highest BCUT2D eigenvalue weighted by Crippen LogP contribution is 2.29. The summed E-state index contributed by atoms with van der Waals surface area (Å²) >= 11 is 0. The van der Waals surface area contributed by atoms with Crippen LogP contribution in [-0.4, -0.2) is 37.8 Å². The summed E-state index contributed by atoms with van der Waals surface area (Å²) in [5, 5.41) is 12.6. The van der Waals surface area contributed by atoms with Crippen LogP contribution in [-0.2, 0) is 9.53 Å².